The Morgan fingerprint density at radius 3 is 2.38 bits per heavy atom. The van der Waals surface area contributed by atoms with Gasteiger partial charge < -0.3 is 15.2 Å². The number of anilines is 1. The van der Waals surface area contributed by atoms with Crippen molar-refractivity contribution in [2.75, 3.05) is 5.32 Å². The largest absolute Gasteiger partial charge is 0.358 e. The summed E-state index contributed by atoms with van der Waals surface area (Å²) in [6.45, 7) is 7.19. The van der Waals surface area contributed by atoms with E-state index in [1.54, 1.807) is 0 Å². The fourth-order valence-electron chi connectivity index (χ4n) is 3.39. The summed E-state index contributed by atoms with van der Waals surface area (Å²) in [5, 5.41) is 8.71. The molecule has 0 spiro atoms. The molecule has 1 heterocycles. The smallest absolute Gasteiger partial charge is 0.171 e. The zero-order chi connectivity index (χ0) is 18.7. The zero-order valence-corrected chi connectivity index (χ0v) is 16.8. The molecule has 4 heteroatoms. The lowest BCUT2D eigenvalue weighted by molar-refractivity contribution is 0.913. The number of thiocarbonyl (C=S) groups is 1. The minimum atomic E-state index is 0.671. The van der Waals surface area contributed by atoms with Crippen LogP contribution in [0.3, 0.4) is 0 Å². The first-order valence-electron chi connectivity index (χ1n) is 9.24. The second kappa shape index (κ2) is 7.92. The molecule has 0 saturated heterocycles. The van der Waals surface area contributed by atoms with Gasteiger partial charge in [-0.25, -0.2) is 0 Å². The molecule has 0 aliphatic heterocycles. The summed E-state index contributed by atoms with van der Waals surface area (Å²) in [4.78, 5) is 0. The van der Waals surface area contributed by atoms with E-state index < -0.39 is 0 Å². The third-order valence-corrected chi connectivity index (χ3v) is 5.28. The van der Waals surface area contributed by atoms with Crippen molar-refractivity contribution < 1.29 is 0 Å². The highest BCUT2D eigenvalue weighted by Gasteiger charge is 2.08. The standard InChI is InChI=1S/C22H27N3S/c1-5-17-8-7-9-18(6-2)21(17)24-22(26)23-14-16-10-11-20-19(13-16)12-15(3)25(20)4/h7-13H,5-6,14H2,1-4H3,(H2,23,24,26). The van der Waals surface area contributed by atoms with Gasteiger partial charge in [0.1, 0.15) is 0 Å². The summed E-state index contributed by atoms with van der Waals surface area (Å²) < 4.78 is 2.21. The van der Waals surface area contributed by atoms with Crippen LogP contribution in [0.1, 0.15) is 36.2 Å². The Balaban J connectivity index is 1.70. The Morgan fingerprint density at radius 2 is 1.73 bits per heavy atom. The molecule has 0 fully saturated rings. The number of nitrogens with one attached hydrogen (secondary N) is 2. The van der Waals surface area contributed by atoms with Gasteiger partial charge in [-0.05, 0) is 66.9 Å². The highest BCUT2D eigenvalue weighted by Crippen LogP contribution is 2.23. The SMILES string of the molecule is CCc1cccc(CC)c1NC(=S)NCc1ccc2c(c1)cc(C)n2C. The van der Waals surface area contributed by atoms with Crippen molar-refractivity contribution in [2.24, 2.45) is 7.05 Å². The van der Waals surface area contributed by atoms with Crippen LogP contribution in [0, 0.1) is 6.92 Å². The van der Waals surface area contributed by atoms with Crippen LogP contribution in [0.15, 0.2) is 42.5 Å². The first kappa shape index (κ1) is 18.5. The van der Waals surface area contributed by atoms with E-state index in [1.807, 2.05) is 0 Å². The molecule has 2 aromatic carbocycles. The maximum atomic E-state index is 5.54. The van der Waals surface area contributed by atoms with E-state index in [9.17, 15) is 0 Å². The van der Waals surface area contributed by atoms with Gasteiger partial charge in [0.05, 0.1) is 0 Å². The highest BCUT2D eigenvalue weighted by molar-refractivity contribution is 7.80. The van der Waals surface area contributed by atoms with Crippen LogP contribution in [0.5, 0.6) is 0 Å². The number of para-hydroxylation sites is 1. The number of hydrogen-bond acceptors (Lipinski definition) is 1. The molecule has 0 bridgehead atoms. The Morgan fingerprint density at radius 1 is 1.04 bits per heavy atom. The van der Waals surface area contributed by atoms with Crippen molar-refractivity contribution >= 4 is 33.9 Å². The maximum Gasteiger partial charge on any atom is 0.171 e. The van der Waals surface area contributed by atoms with Crippen molar-refractivity contribution in [2.45, 2.75) is 40.2 Å². The summed E-state index contributed by atoms with van der Waals surface area (Å²) in [6.07, 6.45) is 1.98. The van der Waals surface area contributed by atoms with Gasteiger partial charge in [0.2, 0.25) is 0 Å². The molecule has 3 nitrogen and oxygen atoms in total. The molecule has 0 saturated carbocycles. The molecule has 3 rings (SSSR count). The Labute approximate surface area is 161 Å². The summed E-state index contributed by atoms with van der Waals surface area (Å²) in [6, 6.07) is 15.2. The van der Waals surface area contributed by atoms with E-state index in [0.717, 1.165) is 18.5 Å². The molecule has 0 aliphatic carbocycles. The molecule has 0 radical (unpaired) electrons. The fraction of sp³-hybridized carbons (Fsp3) is 0.318. The lowest BCUT2D eigenvalue weighted by Gasteiger charge is -2.17. The van der Waals surface area contributed by atoms with Gasteiger partial charge in [0.15, 0.2) is 5.11 Å². The number of fused-ring (bicyclic) bond motifs is 1. The van der Waals surface area contributed by atoms with Gasteiger partial charge in [0, 0.05) is 35.9 Å². The van der Waals surface area contributed by atoms with Gasteiger partial charge in [-0.1, -0.05) is 38.1 Å². The van der Waals surface area contributed by atoms with Crippen LogP contribution in [-0.4, -0.2) is 9.68 Å². The number of aromatic nitrogens is 1. The Hall–Kier alpha value is -2.33. The van der Waals surface area contributed by atoms with Gasteiger partial charge in [-0.15, -0.1) is 0 Å². The second-order valence-electron chi connectivity index (χ2n) is 6.70. The molecule has 136 valence electrons. The second-order valence-corrected chi connectivity index (χ2v) is 7.11. The molecule has 1 aromatic heterocycles. The van der Waals surface area contributed by atoms with E-state index in [4.69, 9.17) is 12.2 Å². The quantitative estimate of drug-likeness (QED) is 0.617. The van der Waals surface area contributed by atoms with Crippen molar-refractivity contribution in [3.8, 4) is 0 Å². The van der Waals surface area contributed by atoms with Crippen molar-refractivity contribution in [3.63, 3.8) is 0 Å². The van der Waals surface area contributed by atoms with Gasteiger partial charge in [-0.2, -0.15) is 0 Å². The third-order valence-electron chi connectivity index (χ3n) is 5.04. The van der Waals surface area contributed by atoms with E-state index in [-0.39, 0.29) is 0 Å². The van der Waals surface area contributed by atoms with E-state index >= 15 is 0 Å². The van der Waals surface area contributed by atoms with Gasteiger partial charge >= 0.3 is 0 Å². The van der Waals surface area contributed by atoms with Crippen molar-refractivity contribution in [1.82, 2.24) is 9.88 Å². The lowest BCUT2D eigenvalue weighted by atomic mass is 10.0. The average molecular weight is 366 g/mol. The lowest BCUT2D eigenvalue weighted by Crippen LogP contribution is -2.28. The van der Waals surface area contributed by atoms with Crippen LogP contribution in [0.2, 0.25) is 0 Å². The predicted octanol–water partition coefficient (Wildman–Crippen LogP) is 5.10. The molecular weight excluding hydrogens is 338 g/mol. The fourth-order valence-corrected chi connectivity index (χ4v) is 3.56. The van der Waals surface area contributed by atoms with Crippen LogP contribution >= 0.6 is 12.2 Å². The predicted molar refractivity (Wildman–Crippen MR) is 116 cm³/mol. The first-order valence-corrected chi connectivity index (χ1v) is 9.64. The molecule has 0 unspecified atom stereocenters. The normalized spacial score (nSPS) is 10.9. The summed E-state index contributed by atoms with van der Waals surface area (Å²) in [5.41, 5.74) is 7.52. The Bertz CT molecular complexity index is 918. The molecular formula is C22H27N3S. The van der Waals surface area contributed by atoms with Gasteiger partial charge in [-0.3, -0.25) is 0 Å². The number of benzene rings is 2. The zero-order valence-electron chi connectivity index (χ0n) is 16.0. The van der Waals surface area contributed by atoms with E-state index in [2.05, 4.69) is 85.5 Å². The minimum absolute atomic E-state index is 0.671. The molecule has 3 aromatic rings. The van der Waals surface area contributed by atoms with Gasteiger partial charge in [0.25, 0.3) is 0 Å². The summed E-state index contributed by atoms with van der Waals surface area (Å²) >= 11 is 5.54. The number of rotatable bonds is 5. The van der Waals surface area contributed by atoms with Crippen molar-refractivity contribution in [1.29, 1.82) is 0 Å². The maximum absolute atomic E-state index is 5.54. The van der Waals surface area contributed by atoms with Crippen molar-refractivity contribution in [3.05, 3.63) is 64.8 Å². The Kier molecular flexibility index (Phi) is 5.62. The molecule has 2 N–H and O–H groups in total. The number of aryl methyl sites for hydroxylation is 4. The van der Waals surface area contributed by atoms with Crippen LogP contribution in [0.25, 0.3) is 10.9 Å². The van der Waals surface area contributed by atoms with Crippen LogP contribution in [0.4, 0.5) is 5.69 Å². The summed E-state index contributed by atoms with van der Waals surface area (Å²) in [7, 11) is 2.10. The minimum Gasteiger partial charge on any atom is -0.358 e. The number of hydrogen-bond donors (Lipinski definition) is 2. The van der Waals surface area contributed by atoms with E-state index in [0.29, 0.717) is 11.7 Å². The average Bonchev–Trinajstić information content (AvgIpc) is 2.93. The highest BCUT2D eigenvalue weighted by atomic mass is 32.1. The molecule has 0 aliphatic rings. The molecule has 26 heavy (non-hydrogen) atoms. The molecule has 0 atom stereocenters. The third kappa shape index (κ3) is 3.75. The van der Waals surface area contributed by atoms with Crippen LogP contribution in [-0.2, 0) is 26.4 Å². The monoisotopic (exact) mass is 365 g/mol. The van der Waals surface area contributed by atoms with Crippen LogP contribution < -0.4 is 10.6 Å². The topological polar surface area (TPSA) is 29.0 Å². The summed E-state index contributed by atoms with van der Waals surface area (Å²) in [5.74, 6) is 0. The number of nitrogens with zero attached hydrogens (tertiary/aromatic N) is 1. The van der Waals surface area contributed by atoms with E-state index in [1.165, 1.54) is 33.3 Å². The molecule has 0 amide bonds. The first-order chi connectivity index (χ1) is 12.5.